The first-order chi connectivity index (χ1) is 13.9. The van der Waals surface area contributed by atoms with E-state index in [4.69, 9.17) is 4.42 Å². The van der Waals surface area contributed by atoms with Crippen LogP contribution in [0.3, 0.4) is 0 Å². The molecule has 2 heterocycles. The number of aromatic nitrogens is 1. The first-order valence-corrected chi connectivity index (χ1v) is 11.8. The number of rotatable bonds is 6. The van der Waals surface area contributed by atoms with Gasteiger partial charge in [-0.25, -0.2) is 17.7 Å². The lowest BCUT2D eigenvalue weighted by atomic mass is 10.0. The molecule has 0 atom stereocenters. The molecule has 156 valence electrons. The van der Waals surface area contributed by atoms with Gasteiger partial charge in [-0.1, -0.05) is 18.2 Å². The zero-order valence-corrected chi connectivity index (χ0v) is 17.7. The molecule has 4 rings (SSSR count). The summed E-state index contributed by atoms with van der Waals surface area (Å²) < 4.78 is 31.7. The SMILES string of the molecule is CCS(=O)(=O)N(C)C1CCN(C(=O)c2nc(-c3ccccc3)oc2C2CC2)CC1. The molecule has 8 heteroatoms. The minimum absolute atomic E-state index is 0.0657. The maximum atomic E-state index is 13.2. The molecule has 1 aromatic heterocycles. The van der Waals surface area contributed by atoms with Gasteiger partial charge < -0.3 is 9.32 Å². The number of hydrogen-bond donors (Lipinski definition) is 0. The van der Waals surface area contributed by atoms with Crippen LogP contribution in [0.15, 0.2) is 34.7 Å². The quantitative estimate of drug-likeness (QED) is 0.721. The largest absolute Gasteiger partial charge is 0.440 e. The summed E-state index contributed by atoms with van der Waals surface area (Å²) in [6, 6.07) is 9.55. The first kappa shape index (κ1) is 20.1. The van der Waals surface area contributed by atoms with Crippen molar-refractivity contribution in [2.75, 3.05) is 25.9 Å². The van der Waals surface area contributed by atoms with Crippen molar-refractivity contribution in [2.45, 2.75) is 44.6 Å². The predicted octanol–water partition coefficient (Wildman–Crippen LogP) is 3.11. The fourth-order valence-corrected chi connectivity index (χ4v) is 4.90. The van der Waals surface area contributed by atoms with E-state index in [1.165, 1.54) is 4.31 Å². The van der Waals surface area contributed by atoms with Gasteiger partial charge in [0.2, 0.25) is 15.9 Å². The molecule has 1 amide bonds. The zero-order chi connectivity index (χ0) is 20.6. The Labute approximate surface area is 171 Å². The Kier molecular flexibility index (Phi) is 5.48. The summed E-state index contributed by atoms with van der Waals surface area (Å²) in [7, 11) is -1.59. The molecule has 2 fully saturated rings. The molecule has 0 N–H and O–H groups in total. The van der Waals surface area contributed by atoms with Crippen LogP contribution >= 0.6 is 0 Å². The number of piperidine rings is 1. The lowest BCUT2D eigenvalue weighted by Crippen LogP contribution is -2.47. The number of sulfonamides is 1. The average Bonchev–Trinajstić information content (AvgIpc) is 3.51. The topological polar surface area (TPSA) is 83.7 Å². The molecule has 1 saturated carbocycles. The minimum atomic E-state index is -3.22. The van der Waals surface area contributed by atoms with E-state index in [1.54, 1.807) is 18.9 Å². The lowest BCUT2D eigenvalue weighted by molar-refractivity contribution is 0.0678. The van der Waals surface area contributed by atoms with Gasteiger partial charge in [0.1, 0.15) is 5.76 Å². The fraction of sp³-hybridized carbons (Fsp3) is 0.524. The Morgan fingerprint density at radius 2 is 1.83 bits per heavy atom. The molecule has 0 unspecified atom stereocenters. The van der Waals surface area contributed by atoms with Gasteiger partial charge in [0.25, 0.3) is 5.91 Å². The highest BCUT2D eigenvalue weighted by Gasteiger charge is 2.37. The molecular weight excluding hydrogens is 390 g/mol. The molecule has 29 heavy (non-hydrogen) atoms. The number of nitrogens with zero attached hydrogens (tertiary/aromatic N) is 3. The highest BCUT2D eigenvalue weighted by Crippen LogP contribution is 2.43. The molecule has 1 saturated heterocycles. The van der Waals surface area contributed by atoms with Gasteiger partial charge in [-0.05, 0) is 44.7 Å². The third-order valence-corrected chi connectivity index (χ3v) is 7.80. The number of carbonyl (C=O) groups is 1. The number of hydrogen-bond acceptors (Lipinski definition) is 5. The van der Waals surface area contributed by atoms with Crippen molar-refractivity contribution in [3.05, 3.63) is 41.8 Å². The molecule has 2 aromatic rings. The van der Waals surface area contributed by atoms with Crippen LogP contribution in [0.5, 0.6) is 0 Å². The van der Waals surface area contributed by atoms with Crippen molar-refractivity contribution in [3.8, 4) is 11.5 Å². The average molecular weight is 418 g/mol. The smallest absolute Gasteiger partial charge is 0.276 e. The van der Waals surface area contributed by atoms with Crippen LogP contribution in [0.1, 0.15) is 54.8 Å². The van der Waals surface area contributed by atoms with E-state index in [-0.39, 0.29) is 23.6 Å². The number of likely N-dealkylation sites (tertiary alicyclic amines) is 1. The van der Waals surface area contributed by atoms with E-state index < -0.39 is 10.0 Å². The normalized spacial score (nSPS) is 18.4. The molecule has 7 nitrogen and oxygen atoms in total. The summed E-state index contributed by atoms with van der Waals surface area (Å²) in [6.45, 7) is 2.69. The Hall–Kier alpha value is -2.19. The second-order valence-corrected chi connectivity index (χ2v) is 10.1. The highest BCUT2D eigenvalue weighted by atomic mass is 32.2. The van der Waals surface area contributed by atoms with Crippen molar-refractivity contribution in [2.24, 2.45) is 0 Å². The summed E-state index contributed by atoms with van der Waals surface area (Å²) in [6.07, 6.45) is 3.30. The van der Waals surface area contributed by atoms with Crippen LogP contribution in [-0.2, 0) is 10.0 Å². The molecule has 1 aliphatic heterocycles. The molecule has 0 bridgehead atoms. The summed E-state index contributed by atoms with van der Waals surface area (Å²) >= 11 is 0. The lowest BCUT2D eigenvalue weighted by Gasteiger charge is -2.35. The highest BCUT2D eigenvalue weighted by molar-refractivity contribution is 7.89. The van der Waals surface area contributed by atoms with Gasteiger partial charge in [0.15, 0.2) is 5.69 Å². The van der Waals surface area contributed by atoms with Crippen LogP contribution in [0.2, 0.25) is 0 Å². The van der Waals surface area contributed by atoms with Gasteiger partial charge in [0, 0.05) is 37.7 Å². The van der Waals surface area contributed by atoms with Crippen molar-refractivity contribution in [1.29, 1.82) is 0 Å². The maximum absolute atomic E-state index is 13.2. The maximum Gasteiger partial charge on any atom is 0.276 e. The third kappa shape index (κ3) is 4.09. The zero-order valence-electron chi connectivity index (χ0n) is 16.9. The predicted molar refractivity (Wildman–Crippen MR) is 110 cm³/mol. The van der Waals surface area contributed by atoms with Crippen LogP contribution in [0.4, 0.5) is 0 Å². The monoisotopic (exact) mass is 417 g/mol. The van der Waals surface area contributed by atoms with Crippen LogP contribution < -0.4 is 0 Å². The number of amides is 1. The Morgan fingerprint density at radius 3 is 2.41 bits per heavy atom. The van der Waals surface area contributed by atoms with Crippen molar-refractivity contribution >= 4 is 15.9 Å². The van der Waals surface area contributed by atoms with Crippen molar-refractivity contribution in [3.63, 3.8) is 0 Å². The van der Waals surface area contributed by atoms with E-state index in [0.29, 0.717) is 43.3 Å². The van der Waals surface area contributed by atoms with E-state index >= 15 is 0 Å². The summed E-state index contributed by atoms with van der Waals surface area (Å²) in [4.78, 5) is 19.5. The molecule has 0 radical (unpaired) electrons. The van der Waals surface area contributed by atoms with E-state index in [2.05, 4.69) is 4.98 Å². The van der Waals surface area contributed by atoms with Gasteiger partial charge >= 0.3 is 0 Å². The summed E-state index contributed by atoms with van der Waals surface area (Å²) in [5, 5.41) is 0. The van der Waals surface area contributed by atoms with E-state index in [1.807, 2.05) is 30.3 Å². The Balaban J connectivity index is 1.50. The Bertz CT molecular complexity index is 975. The van der Waals surface area contributed by atoms with Gasteiger partial charge in [-0.15, -0.1) is 0 Å². The molecular formula is C21H27N3O4S. The van der Waals surface area contributed by atoms with E-state index in [9.17, 15) is 13.2 Å². The molecule has 0 spiro atoms. The van der Waals surface area contributed by atoms with Crippen molar-refractivity contribution in [1.82, 2.24) is 14.2 Å². The number of carbonyl (C=O) groups excluding carboxylic acids is 1. The second kappa shape index (κ2) is 7.91. The standard InChI is InChI=1S/C21H27N3O4S/c1-3-29(26,27)23(2)17-11-13-24(14-12-17)21(25)18-19(15-9-10-15)28-20(22-18)16-7-5-4-6-8-16/h4-8,15,17H,3,9-14H2,1-2H3. The van der Waals surface area contributed by atoms with Crippen LogP contribution in [0.25, 0.3) is 11.5 Å². The number of benzene rings is 1. The summed E-state index contributed by atoms with van der Waals surface area (Å²) in [5.74, 6) is 1.44. The molecule has 1 aromatic carbocycles. The molecule has 1 aliphatic carbocycles. The van der Waals surface area contributed by atoms with Gasteiger partial charge in [-0.2, -0.15) is 0 Å². The van der Waals surface area contributed by atoms with Gasteiger partial charge in [0.05, 0.1) is 5.75 Å². The first-order valence-electron chi connectivity index (χ1n) is 10.2. The Morgan fingerprint density at radius 1 is 1.17 bits per heavy atom. The third-order valence-electron chi connectivity index (χ3n) is 5.89. The minimum Gasteiger partial charge on any atom is -0.440 e. The van der Waals surface area contributed by atoms with Crippen LogP contribution in [0, 0.1) is 0 Å². The van der Waals surface area contributed by atoms with E-state index in [0.717, 1.165) is 18.4 Å². The fourth-order valence-electron chi connectivity index (χ4n) is 3.82. The van der Waals surface area contributed by atoms with Gasteiger partial charge in [-0.3, -0.25) is 4.79 Å². The second-order valence-electron chi connectivity index (χ2n) is 7.81. The summed E-state index contributed by atoms with van der Waals surface area (Å²) in [5.41, 5.74) is 1.28. The molecule has 2 aliphatic rings. The van der Waals surface area contributed by atoms with Crippen LogP contribution in [-0.4, -0.2) is 60.4 Å². The van der Waals surface area contributed by atoms with Crippen molar-refractivity contribution < 1.29 is 17.6 Å². The number of oxazole rings is 1.